The fourth-order valence-electron chi connectivity index (χ4n) is 1.04. The van der Waals surface area contributed by atoms with Crippen molar-refractivity contribution >= 4 is 56.8 Å². The fraction of sp³-hybridized carbons (Fsp3) is 0.222. The molecule has 16 heavy (non-hydrogen) atoms. The number of hydrogen-bond acceptors (Lipinski definition) is 2. The van der Waals surface area contributed by atoms with Crippen molar-refractivity contribution in [3.05, 3.63) is 32.8 Å². The van der Waals surface area contributed by atoms with E-state index in [0.29, 0.717) is 16.8 Å². The van der Waals surface area contributed by atoms with E-state index < -0.39 is 16.1 Å². The summed E-state index contributed by atoms with van der Waals surface area (Å²) in [6.45, 7) is 0.412. The fourth-order valence-corrected chi connectivity index (χ4v) is 2.17. The van der Waals surface area contributed by atoms with Gasteiger partial charge in [0.25, 0.3) is 0 Å². The molecule has 2 N–H and O–H groups in total. The van der Waals surface area contributed by atoms with Crippen LogP contribution in [0.4, 0.5) is 0 Å². The van der Waals surface area contributed by atoms with Crippen LogP contribution in [0.1, 0.15) is 10.4 Å². The van der Waals surface area contributed by atoms with Crippen molar-refractivity contribution in [2.45, 2.75) is 5.21 Å². The average Bonchev–Trinajstić information content (AvgIpc) is 2.23. The van der Waals surface area contributed by atoms with E-state index in [1.807, 2.05) is 0 Å². The molecule has 1 aromatic carbocycles. The predicted molar refractivity (Wildman–Crippen MR) is 66.6 cm³/mol. The van der Waals surface area contributed by atoms with Gasteiger partial charge in [0, 0.05) is 0 Å². The van der Waals surface area contributed by atoms with Gasteiger partial charge in [0.2, 0.25) is 0 Å². The van der Waals surface area contributed by atoms with E-state index in [1.54, 1.807) is 0 Å². The first-order valence-corrected chi connectivity index (χ1v) is 7.60. The molecule has 0 aliphatic heterocycles. The summed E-state index contributed by atoms with van der Waals surface area (Å²) in [4.78, 5) is 11.7. The Labute approximate surface area is 115 Å². The van der Waals surface area contributed by atoms with Crippen LogP contribution in [0.5, 0.6) is 0 Å². The first-order valence-electron chi connectivity index (χ1n) is 4.30. The Balaban J connectivity index is 2.82. The zero-order chi connectivity index (χ0) is 12.1. The Morgan fingerprint density at radius 2 is 2.06 bits per heavy atom. The molecule has 3 nitrogen and oxygen atoms in total. The van der Waals surface area contributed by atoms with Gasteiger partial charge in [-0.25, -0.2) is 0 Å². The summed E-state index contributed by atoms with van der Waals surface area (Å²) in [5.74, 6) is -0.343. The molecule has 0 atom stereocenters. The summed E-state index contributed by atoms with van der Waals surface area (Å²) in [6, 6.07) is 2.93. The van der Waals surface area contributed by atoms with Gasteiger partial charge in [-0.2, -0.15) is 0 Å². The Hall–Kier alpha value is 0.0784. The van der Waals surface area contributed by atoms with Gasteiger partial charge >= 0.3 is 116 Å². The zero-order valence-electron chi connectivity index (χ0n) is 8.01. The number of halogens is 3. The van der Waals surface area contributed by atoms with Crippen LogP contribution < -0.4 is 5.32 Å². The van der Waals surface area contributed by atoms with Gasteiger partial charge in [-0.1, -0.05) is 0 Å². The predicted octanol–water partition coefficient (Wildman–Crippen LogP) is 2.41. The van der Waals surface area contributed by atoms with Crippen molar-refractivity contribution in [2.75, 3.05) is 6.54 Å². The summed E-state index contributed by atoms with van der Waals surface area (Å²) >= 11 is 16.7. The Kier molecular flexibility index (Phi) is 5.94. The Morgan fingerprint density at radius 3 is 2.69 bits per heavy atom. The number of benzene rings is 1. The Bertz CT molecular complexity index is 401. The molecule has 0 spiro atoms. The molecule has 0 aromatic heterocycles. The summed E-state index contributed by atoms with van der Waals surface area (Å²) in [5, 5.41) is 3.97. The summed E-state index contributed by atoms with van der Waals surface area (Å²) in [5.41, 5.74) is 0.244. The molecular formula is C9H8AsCl3NO2. The van der Waals surface area contributed by atoms with Crippen molar-refractivity contribution in [2.24, 2.45) is 0 Å². The molecule has 1 radical (unpaired) electrons. The van der Waals surface area contributed by atoms with E-state index in [2.05, 4.69) is 5.32 Å². The van der Waals surface area contributed by atoms with Gasteiger partial charge in [-0.3, -0.25) is 0 Å². The molecule has 0 unspecified atom stereocenters. The van der Waals surface area contributed by atoms with Crippen LogP contribution in [0.2, 0.25) is 20.3 Å². The molecule has 0 aliphatic carbocycles. The van der Waals surface area contributed by atoms with E-state index in [9.17, 15) is 4.79 Å². The van der Waals surface area contributed by atoms with E-state index in [-0.39, 0.29) is 21.5 Å². The quantitative estimate of drug-likeness (QED) is 0.501. The monoisotopic (exact) mass is 342 g/mol. The molecule has 0 saturated heterocycles. The van der Waals surface area contributed by atoms with Crippen molar-refractivity contribution in [1.29, 1.82) is 0 Å². The number of nitrogens with one attached hydrogen (secondary N) is 1. The Morgan fingerprint density at radius 1 is 1.38 bits per heavy atom. The topological polar surface area (TPSA) is 49.3 Å². The van der Waals surface area contributed by atoms with Gasteiger partial charge in [0.1, 0.15) is 0 Å². The van der Waals surface area contributed by atoms with Crippen molar-refractivity contribution < 1.29 is 8.89 Å². The molecule has 1 aromatic rings. The zero-order valence-corrected chi connectivity index (χ0v) is 12.1. The second-order valence-electron chi connectivity index (χ2n) is 2.87. The molecule has 7 heteroatoms. The summed E-state index contributed by atoms with van der Waals surface area (Å²) in [7, 11) is 0. The molecule has 1 rings (SSSR count). The van der Waals surface area contributed by atoms with Crippen LogP contribution in [0.15, 0.2) is 12.1 Å². The van der Waals surface area contributed by atoms with Gasteiger partial charge < -0.3 is 0 Å². The van der Waals surface area contributed by atoms with E-state index in [4.69, 9.17) is 38.9 Å². The normalized spacial score (nSPS) is 11.0. The number of carbonyl (C=O) groups excluding carboxylic acids is 1. The van der Waals surface area contributed by atoms with Crippen LogP contribution in [0.3, 0.4) is 0 Å². The van der Waals surface area contributed by atoms with Gasteiger partial charge in [0.05, 0.1) is 0 Å². The molecule has 0 saturated carbocycles. The van der Waals surface area contributed by atoms with Gasteiger partial charge in [-0.05, 0) is 0 Å². The van der Waals surface area contributed by atoms with Crippen molar-refractivity contribution in [3.8, 4) is 0 Å². The number of hydrogen-bond donors (Lipinski definition) is 2. The summed E-state index contributed by atoms with van der Waals surface area (Å²) in [6.07, 6.45) is 0. The number of carbonyl (C=O) groups is 1. The molecule has 0 aliphatic rings. The van der Waals surface area contributed by atoms with E-state index in [0.717, 1.165) is 0 Å². The number of rotatable bonds is 4. The van der Waals surface area contributed by atoms with Crippen molar-refractivity contribution in [1.82, 2.24) is 5.32 Å². The standard InChI is InChI=1S/C9H8AsCl3NO2/c11-5-3-6(8(13)7(12)4-5)9(15)14-2-1-10-16/h3-4,16H,1-2H2,(H,14,15). The maximum atomic E-state index is 11.7. The first kappa shape index (κ1) is 14.1. The summed E-state index contributed by atoms with van der Waals surface area (Å²) < 4.78 is 8.67. The molecule has 87 valence electrons. The molecular weight excluding hydrogens is 335 g/mol. The third-order valence-electron chi connectivity index (χ3n) is 1.73. The first-order chi connectivity index (χ1) is 7.56. The van der Waals surface area contributed by atoms with E-state index >= 15 is 0 Å². The van der Waals surface area contributed by atoms with Crippen LogP contribution >= 0.6 is 34.8 Å². The second-order valence-corrected chi connectivity index (χ2v) is 5.62. The minimum absolute atomic E-state index is 0.181. The third-order valence-corrected chi connectivity index (χ3v) is 3.64. The average molecular weight is 343 g/mol. The SMILES string of the molecule is O=C(NCC[As]O)c1cc(Cl)cc(Cl)c1Cl. The molecule has 0 heterocycles. The van der Waals surface area contributed by atoms with Crippen LogP contribution in [0, 0.1) is 0 Å². The number of amides is 1. The molecule has 0 bridgehead atoms. The third kappa shape index (κ3) is 3.83. The maximum absolute atomic E-state index is 11.7. The van der Waals surface area contributed by atoms with Crippen molar-refractivity contribution in [3.63, 3.8) is 0 Å². The van der Waals surface area contributed by atoms with Crippen LogP contribution in [-0.2, 0) is 0 Å². The van der Waals surface area contributed by atoms with Gasteiger partial charge in [-0.15, -0.1) is 0 Å². The van der Waals surface area contributed by atoms with E-state index in [1.165, 1.54) is 12.1 Å². The van der Waals surface area contributed by atoms with Gasteiger partial charge in [0.15, 0.2) is 0 Å². The molecule has 1 amide bonds. The molecule has 0 fully saturated rings. The minimum atomic E-state index is -0.692. The second kappa shape index (κ2) is 6.73. The van der Waals surface area contributed by atoms with Crippen LogP contribution in [-0.4, -0.2) is 32.6 Å². The van der Waals surface area contributed by atoms with Crippen LogP contribution in [0.25, 0.3) is 0 Å².